The van der Waals surface area contributed by atoms with Gasteiger partial charge in [-0.1, -0.05) is 12.1 Å². The van der Waals surface area contributed by atoms with Gasteiger partial charge in [0, 0.05) is 25.8 Å². The van der Waals surface area contributed by atoms with Gasteiger partial charge in [-0.05, 0) is 43.7 Å². The average molecular weight is 343 g/mol. The van der Waals surface area contributed by atoms with E-state index in [1.54, 1.807) is 30.5 Å². The van der Waals surface area contributed by atoms with Gasteiger partial charge in [0.1, 0.15) is 11.5 Å². The van der Waals surface area contributed by atoms with Gasteiger partial charge in [0.2, 0.25) is 0 Å². The molecule has 5 nitrogen and oxygen atoms in total. The summed E-state index contributed by atoms with van der Waals surface area (Å²) in [6.07, 6.45) is 1.70. The molecule has 0 aliphatic carbocycles. The molecule has 132 valence electrons. The minimum atomic E-state index is -0.286. The fourth-order valence-corrected chi connectivity index (χ4v) is 3.06. The second-order valence-corrected chi connectivity index (χ2v) is 6.35. The molecule has 2 atom stereocenters. The fraction of sp³-hybridized carbons (Fsp3) is 0.368. The molecule has 0 saturated carbocycles. The Morgan fingerprint density at radius 1 is 1.28 bits per heavy atom. The van der Waals surface area contributed by atoms with Crippen LogP contribution in [-0.2, 0) is 11.3 Å². The number of morpholine rings is 1. The molecule has 0 unspecified atom stereocenters. The number of anilines is 1. The van der Waals surface area contributed by atoms with E-state index in [1.807, 2.05) is 24.8 Å². The Balaban J connectivity index is 1.65. The first-order chi connectivity index (χ1) is 12.0. The van der Waals surface area contributed by atoms with Crippen molar-refractivity contribution < 1.29 is 13.9 Å². The molecule has 0 spiro atoms. The van der Waals surface area contributed by atoms with Crippen molar-refractivity contribution in [2.24, 2.45) is 0 Å². The number of aromatic nitrogens is 1. The van der Waals surface area contributed by atoms with E-state index in [4.69, 9.17) is 4.74 Å². The predicted octanol–water partition coefficient (Wildman–Crippen LogP) is 2.76. The lowest BCUT2D eigenvalue weighted by atomic mass is 10.1. The van der Waals surface area contributed by atoms with Crippen LogP contribution in [0.1, 0.15) is 29.9 Å². The molecule has 1 saturated heterocycles. The molecule has 2 aromatic rings. The Kier molecular flexibility index (Phi) is 5.28. The van der Waals surface area contributed by atoms with Gasteiger partial charge in [0.25, 0.3) is 5.91 Å². The van der Waals surface area contributed by atoms with Crippen molar-refractivity contribution in [3.05, 3.63) is 59.7 Å². The Labute approximate surface area is 146 Å². The van der Waals surface area contributed by atoms with Crippen LogP contribution in [0, 0.1) is 5.82 Å². The van der Waals surface area contributed by atoms with E-state index in [0.29, 0.717) is 30.0 Å². The zero-order valence-electron chi connectivity index (χ0n) is 14.4. The number of hydrogen-bond donors (Lipinski definition) is 1. The molecule has 1 aromatic heterocycles. The fourth-order valence-electron chi connectivity index (χ4n) is 3.06. The van der Waals surface area contributed by atoms with Crippen LogP contribution in [0.25, 0.3) is 0 Å². The van der Waals surface area contributed by atoms with Crippen LogP contribution in [0.3, 0.4) is 0 Å². The highest BCUT2D eigenvalue weighted by atomic mass is 19.1. The summed E-state index contributed by atoms with van der Waals surface area (Å²) in [7, 11) is 0. The van der Waals surface area contributed by atoms with E-state index in [2.05, 4.69) is 10.3 Å². The lowest BCUT2D eigenvalue weighted by Crippen LogP contribution is -2.45. The normalized spacial score (nSPS) is 20.4. The van der Waals surface area contributed by atoms with Crippen LogP contribution in [0.2, 0.25) is 0 Å². The summed E-state index contributed by atoms with van der Waals surface area (Å²) in [5.74, 6) is -0.563. The zero-order chi connectivity index (χ0) is 17.8. The summed E-state index contributed by atoms with van der Waals surface area (Å²) < 4.78 is 20.2. The number of carbonyl (C=O) groups is 1. The maximum atomic E-state index is 14.5. The minimum absolute atomic E-state index is 0.0699. The highest BCUT2D eigenvalue weighted by molar-refractivity contribution is 5.92. The SMILES string of the molecule is C[C@H]1CN(c2ccc(CNC(=O)c3ccccn3)cc2F)C[C@H](C)O1. The molecule has 0 radical (unpaired) electrons. The van der Waals surface area contributed by atoms with Gasteiger partial charge in [0.05, 0.1) is 17.9 Å². The van der Waals surface area contributed by atoms with Crippen LogP contribution >= 0.6 is 0 Å². The number of pyridine rings is 1. The maximum Gasteiger partial charge on any atom is 0.270 e. The highest BCUT2D eigenvalue weighted by Gasteiger charge is 2.24. The van der Waals surface area contributed by atoms with Crippen LogP contribution in [0.4, 0.5) is 10.1 Å². The van der Waals surface area contributed by atoms with Crippen LogP contribution < -0.4 is 10.2 Å². The predicted molar refractivity (Wildman–Crippen MR) is 94.0 cm³/mol. The molecule has 1 fully saturated rings. The number of ether oxygens (including phenoxy) is 1. The third kappa shape index (κ3) is 4.33. The second-order valence-electron chi connectivity index (χ2n) is 6.35. The minimum Gasteiger partial charge on any atom is -0.372 e. The summed E-state index contributed by atoms with van der Waals surface area (Å²) in [6.45, 7) is 5.56. The maximum absolute atomic E-state index is 14.5. The first-order valence-electron chi connectivity index (χ1n) is 8.41. The number of benzene rings is 1. The van der Waals surface area contributed by atoms with Gasteiger partial charge >= 0.3 is 0 Å². The summed E-state index contributed by atoms with van der Waals surface area (Å²) in [5.41, 5.74) is 1.62. The number of rotatable bonds is 4. The van der Waals surface area contributed by atoms with Gasteiger partial charge < -0.3 is 15.0 Å². The van der Waals surface area contributed by atoms with Gasteiger partial charge in [-0.2, -0.15) is 0 Å². The van der Waals surface area contributed by atoms with Gasteiger partial charge in [-0.3, -0.25) is 9.78 Å². The highest BCUT2D eigenvalue weighted by Crippen LogP contribution is 2.24. The molecule has 0 bridgehead atoms. The Bertz CT molecular complexity index is 729. The third-order valence-electron chi connectivity index (χ3n) is 4.12. The van der Waals surface area contributed by atoms with Crippen LogP contribution in [0.15, 0.2) is 42.6 Å². The summed E-state index contributed by atoms with van der Waals surface area (Å²) >= 11 is 0. The van der Waals surface area contributed by atoms with E-state index < -0.39 is 0 Å². The van der Waals surface area contributed by atoms with E-state index in [9.17, 15) is 9.18 Å². The number of nitrogens with zero attached hydrogens (tertiary/aromatic N) is 2. The van der Waals surface area contributed by atoms with Crippen LogP contribution in [0.5, 0.6) is 0 Å². The Hall–Kier alpha value is -2.47. The van der Waals surface area contributed by atoms with Crippen molar-refractivity contribution in [2.75, 3.05) is 18.0 Å². The molecule has 6 heteroatoms. The topological polar surface area (TPSA) is 54.5 Å². The Morgan fingerprint density at radius 2 is 2.04 bits per heavy atom. The van der Waals surface area contributed by atoms with Crippen molar-refractivity contribution in [3.63, 3.8) is 0 Å². The van der Waals surface area contributed by atoms with Gasteiger partial charge in [0.15, 0.2) is 0 Å². The number of amides is 1. The smallest absolute Gasteiger partial charge is 0.270 e. The molecule has 1 N–H and O–H groups in total. The summed E-state index contributed by atoms with van der Waals surface area (Å²) in [5, 5.41) is 2.75. The summed E-state index contributed by atoms with van der Waals surface area (Å²) in [6, 6.07) is 10.2. The molecular formula is C19H22FN3O2. The first kappa shape index (κ1) is 17.4. The standard InChI is InChI=1S/C19H22FN3O2/c1-13-11-23(12-14(2)25-13)18-7-6-15(9-16(18)20)10-22-19(24)17-5-3-4-8-21-17/h3-9,13-14H,10-12H2,1-2H3,(H,22,24)/t13-,14-/m0/s1. The zero-order valence-corrected chi connectivity index (χ0v) is 14.4. The van der Waals surface area contributed by atoms with Crippen molar-refractivity contribution in [1.29, 1.82) is 0 Å². The summed E-state index contributed by atoms with van der Waals surface area (Å²) in [4.78, 5) is 18.0. The van der Waals surface area contributed by atoms with Gasteiger partial charge in [-0.15, -0.1) is 0 Å². The monoisotopic (exact) mass is 343 g/mol. The quantitative estimate of drug-likeness (QED) is 0.927. The molecular weight excluding hydrogens is 321 g/mol. The van der Waals surface area contributed by atoms with Crippen molar-refractivity contribution in [2.45, 2.75) is 32.6 Å². The average Bonchev–Trinajstić information content (AvgIpc) is 2.59. The van der Waals surface area contributed by atoms with E-state index in [1.165, 1.54) is 6.07 Å². The van der Waals surface area contributed by atoms with Crippen molar-refractivity contribution in [3.8, 4) is 0 Å². The number of carbonyl (C=O) groups excluding carboxylic acids is 1. The third-order valence-corrected chi connectivity index (χ3v) is 4.12. The second kappa shape index (κ2) is 7.61. The molecule has 3 rings (SSSR count). The molecule has 2 heterocycles. The number of hydrogen-bond acceptors (Lipinski definition) is 4. The first-order valence-corrected chi connectivity index (χ1v) is 8.41. The molecule has 1 amide bonds. The van der Waals surface area contributed by atoms with Crippen LogP contribution in [-0.4, -0.2) is 36.2 Å². The number of nitrogens with one attached hydrogen (secondary N) is 1. The van der Waals surface area contributed by atoms with Crippen molar-refractivity contribution in [1.82, 2.24) is 10.3 Å². The molecule has 1 aliphatic rings. The van der Waals surface area contributed by atoms with E-state index in [0.717, 1.165) is 0 Å². The van der Waals surface area contributed by atoms with Crippen molar-refractivity contribution >= 4 is 11.6 Å². The number of halogens is 1. The van der Waals surface area contributed by atoms with Gasteiger partial charge in [-0.25, -0.2) is 4.39 Å². The largest absolute Gasteiger partial charge is 0.372 e. The molecule has 25 heavy (non-hydrogen) atoms. The lowest BCUT2D eigenvalue weighted by Gasteiger charge is -2.37. The lowest BCUT2D eigenvalue weighted by molar-refractivity contribution is -0.00539. The van der Waals surface area contributed by atoms with E-state index in [-0.39, 0.29) is 30.5 Å². The molecule has 1 aromatic carbocycles. The Morgan fingerprint density at radius 3 is 2.68 bits per heavy atom. The van der Waals surface area contributed by atoms with E-state index >= 15 is 0 Å². The molecule has 1 aliphatic heterocycles.